The fraction of sp³-hybridized carbons (Fsp3) is 0.623. The minimum atomic E-state index is -0.363. The van der Waals surface area contributed by atoms with E-state index in [-0.39, 0.29) is 24.0 Å². The van der Waals surface area contributed by atoms with E-state index >= 15 is 0 Å². The predicted octanol–water partition coefficient (Wildman–Crippen LogP) is 8.24. The summed E-state index contributed by atoms with van der Waals surface area (Å²) >= 11 is 2.07. The van der Waals surface area contributed by atoms with Gasteiger partial charge in [-0.05, 0) is 89.8 Å². The van der Waals surface area contributed by atoms with Gasteiger partial charge in [0.05, 0.1) is 44.3 Å². The number of unbranched alkanes of at least 4 members (excludes halogenated alkanes) is 3. The van der Waals surface area contributed by atoms with Crippen LogP contribution in [0.3, 0.4) is 0 Å². The van der Waals surface area contributed by atoms with E-state index in [1.807, 2.05) is 6.20 Å². The van der Waals surface area contributed by atoms with Crippen LogP contribution in [0.5, 0.6) is 0 Å². The lowest BCUT2D eigenvalue weighted by Crippen LogP contribution is -2.46. The standard InChI is InChI=1S/C53H97N11S/c1-17-37(5)29-40(8)59-31-42(10)61-34-45(13)64-49(28-36(3)4)47(15)62-32-43(11)60-33-44(12)63-41(9)30-48(52(55)46(14)54)38(6)24-20-19-23-27-58-39(7)25-21-22-26-51-53(56-16)50(35-65-51)57-18-2/h18,36-37,41,48-53,56-64H,2,6-8,10-15,17,19-35,54-55H2,1,3-5,9,16H3/t37-,41?,48?,49-,50+,51?,52?,53+/m0/s1. The summed E-state index contributed by atoms with van der Waals surface area (Å²) < 4.78 is 0. The summed E-state index contributed by atoms with van der Waals surface area (Å²) in [5, 5.41) is 31.9. The van der Waals surface area contributed by atoms with Crippen molar-refractivity contribution in [1.29, 1.82) is 0 Å². The first-order chi connectivity index (χ1) is 30.8. The molecule has 4 unspecified atom stereocenters. The number of nitrogens with one attached hydrogen (secondary N) is 9. The van der Waals surface area contributed by atoms with Gasteiger partial charge in [0.2, 0.25) is 0 Å². The molecule has 0 aromatic heterocycles. The number of hydrogen-bond acceptors (Lipinski definition) is 12. The molecule has 0 spiro atoms. The summed E-state index contributed by atoms with van der Waals surface area (Å²) in [6.07, 6.45) is 14.3. The van der Waals surface area contributed by atoms with E-state index in [4.69, 9.17) is 11.5 Å². The average molecular weight is 921 g/mol. The maximum Gasteiger partial charge on any atom is 0.0653 e. The van der Waals surface area contributed by atoms with Crippen LogP contribution in [0.25, 0.3) is 0 Å². The van der Waals surface area contributed by atoms with Gasteiger partial charge in [0, 0.05) is 81.1 Å². The molecule has 0 amide bonds. The molecule has 0 aromatic carbocycles. The van der Waals surface area contributed by atoms with Gasteiger partial charge in [-0.3, -0.25) is 0 Å². The first kappa shape index (κ1) is 58.9. The van der Waals surface area contributed by atoms with Crippen LogP contribution >= 0.6 is 11.8 Å². The molecule has 370 valence electrons. The van der Waals surface area contributed by atoms with E-state index in [9.17, 15) is 0 Å². The Morgan fingerprint density at radius 3 is 1.91 bits per heavy atom. The van der Waals surface area contributed by atoms with Gasteiger partial charge in [0.1, 0.15) is 0 Å². The van der Waals surface area contributed by atoms with Gasteiger partial charge in [-0.15, -0.1) is 0 Å². The Balaban J connectivity index is 2.43. The van der Waals surface area contributed by atoms with Crippen LogP contribution < -0.4 is 59.3 Å². The highest BCUT2D eigenvalue weighted by atomic mass is 32.2. The Morgan fingerprint density at radius 2 is 1.31 bits per heavy atom. The van der Waals surface area contributed by atoms with Crippen LogP contribution in [-0.4, -0.2) is 81.0 Å². The fourth-order valence-electron chi connectivity index (χ4n) is 8.05. The molecule has 0 aromatic rings. The van der Waals surface area contributed by atoms with Crippen LogP contribution in [-0.2, 0) is 0 Å². The molecule has 13 N–H and O–H groups in total. The van der Waals surface area contributed by atoms with Gasteiger partial charge in [0.25, 0.3) is 0 Å². The SMILES string of the molecule is C=CN[C@@H]1CSC(CCCCC(=C)NCCCCCC(=C)C(CC(C)NC(=C)CNC(=C)CNC(=C)[C@H](CC(C)C)NC(=C)CNC(=C)CNC(=C)C[C@@H](C)CC)C(N)C(=C)N)[C@@H]1NC. The van der Waals surface area contributed by atoms with Crippen LogP contribution in [0.1, 0.15) is 112 Å². The number of allylic oxidation sites excluding steroid dienone is 2. The zero-order valence-electron chi connectivity index (χ0n) is 42.1. The van der Waals surface area contributed by atoms with Crippen molar-refractivity contribution in [2.45, 2.75) is 147 Å². The zero-order valence-corrected chi connectivity index (χ0v) is 43.0. The minimum Gasteiger partial charge on any atom is -0.401 e. The largest absolute Gasteiger partial charge is 0.401 e. The van der Waals surface area contributed by atoms with E-state index < -0.39 is 0 Å². The summed E-state index contributed by atoms with van der Waals surface area (Å²) in [5.41, 5.74) is 20.9. The zero-order chi connectivity index (χ0) is 48.9. The number of thioether (sulfide) groups is 1. The highest BCUT2D eigenvalue weighted by Crippen LogP contribution is 2.31. The third kappa shape index (κ3) is 26.0. The van der Waals surface area contributed by atoms with E-state index in [2.05, 4.69) is 167 Å². The summed E-state index contributed by atoms with van der Waals surface area (Å²) in [7, 11) is 2.07. The Kier molecular flexibility index (Phi) is 30.2. The lowest BCUT2D eigenvalue weighted by molar-refractivity contribution is 0.408. The van der Waals surface area contributed by atoms with E-state index in [0.29, 0.717) is 61.0 Å². The summed E-state index contributed by atoms with van der Waals surface area (Å²) in [4.78, 5) is 0. The molecule has 0 radical (unpaired) electrons. The van der Waals surface area contributed by atoms with Crippen molar-refractivity contribution < 1.29 is 0 Å². The second-order valence-electron chi connectivity index (χ2n) is 18.9. The van der Waals surface area contributed by atoms with Crippen molar-refractivity contribution in [3.8, 4) is 0 Å². The topological polar surface area (TPSA) is 160 Å². The molecule has 1 aliphatic rings. The van der Waals surface area contributed by atoms with Gasteiger partial charge in [-0.1, -0.05) is 118 Å². The van der Waals surface area contributed by atoms with Crippen molar-refractivity contribution in [3.63, 3.8) is 0 Å². The second-order valence-corrected chi connectivity index (χ2v) is 20.2. The van der Waals surface area contributed by atoms with Crippen LogP contribution in [0, 0.1) is 17.8 Å². The van der Waals surface area contributed by atoms with Gasteiger partial charge >= 0.3 is 0 Å². The molecule has 1 rings (SSSR count). The molecular formula is C53H97N11S. The molecule has 1 fully saturated rings. The number of likely N-dealkylation sites (N-methyl/N-ethyl adjacent to an activating group) is 1. The molecule has 1 saturated heterocycles. The lowest BCUT2D eigenvalue weighted by atomic mass is 9.83. The van der Waals surface area contributed by atoms with Gasteiger partial charge < -0.3 is 59.3 Å². The highest BCUT2D eigenvalue weighted by Gasteiger charge is 2.34. The summed E-state index contributed by atoms with van der Waals surface area (Å²) in [5.74, 6) is 2.20. The average Bonchev–Trinajstić information content (AvgIpc) is 3.65. The Morgan fingerprint density at radius 1 is 0.708 bits per heavy atom. The van der Waals surface area contributed by atoms with Crippen molar-refractivity contribution in [2.75, 3.05) is 45.5 Å². The first-order valence-corrected chi connectivity index (χ1v) is 25.4. The summed E-state index contributed by atoms with van der Waals surface area (Å²) in [6, 6.07) is 0.685. The van der Waals surface area contributed by atoms with Crippen molar-refractivity contribution in [2.24, 2.45) is 29.2 Å². The van der Waals surface area contributed by atoms with Gasteiger partial charge in [0.15, 0.2) is 0 Å². The molecule has 8 atom stereocenters. The maximum absolute atomic E-state index is 6.61. The van der Waals surface area contributed by atoms with E-state index in [0.717, 1.165) is 122 Å². The third-order valence-corrected chi connectivity index (χ3v) is 13.7. The molecule has 0 bridgehead atoms. The van der Waals surface area contributed by atoms with Crippen molar-refractivity contribution >= 4 is 11.8 Å². The Hall–Kier alpha value is -4.13. The molecule has 65 heavy (non-hydrogen) atoms. The predicted molar refractivity (Wildman–Crippen MR) is 289 cm³/mol. The summed E-state index contributed by atoms with van der Waals surface area (Å²) in [6.45, 7) is 56.2. The molecule has 1 aliphatic heterocycles. The van der Waals surface area contributed by atoms with Gasteiger partial charge in [-0.25, -0.2) is 0 Å². The Labute approximate surface area is 403 Å². The van der Waals surface area contributed by atoms with Crippen molar-refractivity contribution in [1.82, 2.24) is 47.9 Å². The molecule has 1 heterocycles. The quantitative estimate of drug-likeness (QED) is 0.0211. The molecule has 12 heteroatoms. The fourth-order valence-corrected chi connectivity index (χ4v) is 9.67. The molecular weight excluding hydrogens is 823 g/mol. The number of hydrogen-bond donors (Lipinski definition) is 11. The highest BCUT2D eigenvalue weighted by molar-refractivity contribution is 8.00. The lowest BCUT2D eigenvalue weighted by Gasteiger charge is -2.30. The number of rotatable bonds is 42. The molecule has 0 saturated carbocycles. The van der Waals surface area contributed by atoms with Gasteiger partial charge in [-0.2, -0.15) is 11.8 Å². The first-order valence-electron chi connectivity index (χ1n) is 24.3. The Bertz CT molecular complexity index is 1530. The number of nitrogens with two attached hydrogens (primary N) is 2. The van der Waals surface area contributed by atoms with Crippen molar-refractivity contribution in [3.05, 3.63) is 123 Å². The van der Waals surface area contributed by atoms with Crippen LogP contribution in [0.15, 0.2) is 123 Å². The maximum atomic E-state index is 6.61. The third-order valence-electron chi connectivity index (χ3n) is 12.2. The van der Waals surface area contributed by atoms with E-state index in [1.54, 1.807) is 0 Å². The smallest absolute Gasteiger partial charge is 0.0653 e. The van der Waals surface area contributed by atoms with Crippen LogP contribution in [0.2, 0.25) is 0 Å². The normalized spacial score (nSPS) is 17.9. The molecule has 11 nitrogen and oxygen atoms in total. The van der Waals surface area contributed by atoms with Crippen LogP contribution in [0.4, 0.5) is 0 Å². The van der Waals surface area contributed by atoms with E-state index in [1.165, 1.54) is 12.8 Å². The monoisotopic (exact) mass is 920 g/mol. The second kappa shape index (κ2) is 33.4. The minimum absolute atomic E-state index is 0.00512. The molecule has 0 aliphatic carbocycles.